The second-order valence-corrected chi connectivity index (χ2v) is 5.61. The molecule has 3 N–H and O–H groups in total. The lowest BCUT2D eigenvalue weighted by molar-refractivity contribution is 0.0690. The Kier molecular flexibility index (Phi) is 3.70. The number of hydrogen-bond donors (Lipinski definition) is 2. The molecule has 0 radical (unpaired) electrons. The van der Waals surface area contributed by atoms with Gasteiger partial charge in [0.05, 0.1) is 18.1 Å². The lowest BCUT2D eigenvalue weighted by Crippen LogP contribution is -2.06. The number of pyridine rings is 1. The first-order valence-corrected chi connectivity index (χ1v) is 7.77. The fourth-order valence-electron chi connectivity index (χ4n) is 2.56. The topological polar surface area (TPSA) is 112 Å². The van der Waals surface area contributed by atoms with E-state index in [9.17, 15) is 4.79 Å². The van der Waals surface area contributed by atoms with Crippen molar-refractivity contribution >= 4 is 11.7 Å². The van der Waals surface area contributed by atoms with Crippen LogP contribution in [-0.2, 0) is 0 Å². The molecule has 0 unspecified atom stereocenters. The number of rotatable bonds is 4. The molecule has 128 valence electrons. The van der Waals surface area contributed by atoms with E-state index in [0.29, 0.717) is 17.3 Å². The second-order valence-electron chi connectivity index (χ2n) is 5.61. The highest BCUT2D eigenvalue weighted by Crippen LogP contribution is 2.24. The summed E-state index contributed by atoms with van der Waals surface area (Å²) in [6.07, 6.45) is 4.75. The van der Waals surface area contributed by atoms with E-state index in [2.05, 4.69) is 15.2 Å². The third-order valence-electron chi connectivity index (χ3n) is 3.79. The van der Waals surface area contributed by atoms with Crippen LogP contribution in [0, 0.1) is 0 Å². The van der Waals surface area contributed by atoms with Crippen LogP contribution in [0.5, 0.6) is 0 Å². The Bertz CT molecular complexity index is 1080. The van der Waals surface area contributed by atoms with Gasteiger partial charge in [0.15, 0.2) is 17.3 Å². The van der Waals surface area contributed by atoms with E-state index in [1.54, 1.807) is 17.1 Å². The third kappa shape index (κ3) is 2.91. The molecule has 8 nitrogen and oxygen atoms in total. The van der Waals surface area contributed by atoms with Crippen molar-refractivity contribution in [2.75, 3.05) is 5.73 Å². The number of anilines is 1. The van der Waals surface area contributed by atoms with Crippen molar-refractivity contribution in [3.05, 3.63) is 72.8 Å². The average Bonchev–Trinajstić information content (AvgIpc) is 3.31. The Morgan fingerprint density at radius 2 is 1.73 bits per heavy atom. The average molecular weight is 346 g/mol. The van der Waals surface area contributed by atoms with Crippen molar-refractivity contribution in [1.29, 1.82) is 0 Å². The number of benzene rings is 1. The van der Waals surface area contributed by atoms with Gasteiger partial charge in [0.2, 0.25) is 0 Å². The Labute approximate surface area is 148 Å². The van der Waals surface area contributed by atoms with E-state index in [4.69, 9.17) is 10.8 Å². The molecule has 0 spiro atoms. The number of nitrogens with two attached hydrogens (primary N) is 1. The van der Waals surface area contributed by atoms with E-state index in [1.165, 1.54) is 16.9 Å². The van der Waals surface area contributed by atoms with Crippen LogP contribution in [-0.4, -0.2) is 35.6 Å². The number of carboxylic acids is 1. The predicted molar refractivity (Wildman–Crippen MR) is 95.3 cm³/mol. The first-order chi connectivity index (χ1) is 12.6. The first kappa shape index (κ1) is 15.6. The maximum Gasteiger partial charge on any atom is 0.356 e. The highest BCUT2D eigenvalue weighted by Gasteiger charge is 2.12. The summed E-state index contributed by atoms with van der Waals surface area (Å²) in [4.78, 5) is 15.6. The normalized spacial score (nSPS) is 10.8. The zero-order valence-electron chi connectivity index (χ0n) is 13.5. The number of nitrogen functional groups attached to an aromatic ring is 1. The van der Waals surface area contributed by atoms with Gasteiger partial charge in [-0.05, 0) is 29.3 Å². The van der Waals surface area contributed by atoms with Gasteiger partial charge in [-0.25, -0.2) is 19.1 Å². The van der Waals surface area contributed by atoms with Crippen LogP contribution in [0.15, 0.2) is 67.1 Å². The van der Waals surface area contributed by atoms with Crippen molar-refractivity contribution in [1.82, 2.24) is 24.5 Å². The zero-order chi connectivity index (χ0) is 18.1. The predicted octanol–water partition coefficient (Wildman–Crippen LogP) is 2.40. The molecular weight excluding hydrogens is 332 g/mol. The number of carbonyl (C=O) groups is 1. The number of aromatic carboxylic acids is 1. The Morgan fingerprint density at radius 3 is 2.35 bits per heavy atom. The molecule has 0 aliphatic heterocycles. The monoisotopic (exact) mass is 346 g/mol. The van der Waals surface area contributed by atoms with E-state index >= 15 is 0 Å². The standard InChI is InChI=1S/C18H14N6O2/c19-14-10-20-24(11-14)17-9-13(12-4-2-1-3-5-12)8-16(21-17)23-7-6-15(22-23)18(25)26/h1-11H,19H2,(H,25,26). The number of aromatic nitrogens is 5. The van der Waals surface area contributed by atoms with Crippen molar-refractivity contribution in [2.24, 2.45) is 0 Å². The van der Waals surface area contributed by atoms with Crippen LogP contribution in [0.4, 0.5) is 5.69 Å². The summed E-state index contributed by atoms with van der Waals surface area (Å²) in [5.41, 5.74) is 8.11. The molecule has 0 amide bonds. The molecule has 1 aromatic carbocycles. The van der Waals surface area contributed by atoms with Gasteiger partial charge in [0.25, 0.3) is 0 Å². The summed E-state index contributed by atoms with van der Waals surface area (Å²) >= 11 is 0. The van der Waals surface area contributed by atoms with Gasteiger partial charge >= 0.3 is 5.97 Å². The van der Waals surface area contributed by atoms with Crippen LogP contribution >= 0.6 is 0 Å². The molecule has 0 aliphatic carbocycles. The van der Waals surface area contributed by atoms with Gasteiger partial charge in [-0.2, -0.15) is 10.2 Å². The minimum absolute atomic E-state index is 0.0539. The molecule has 0 atom stereocenters. The minimum atomic E-state index is -1.09. The summed E-state index contributed by atoms with van der Waals surface area (Å²) in [6, 6.07) is 14.9. The van der Waals surface area contributed by atoms with E-state index in [0.717, 1.165) is 11.1 Å². The Morgan fingerprint density at radius 1 is 1.00 bits per heavy atom. The second kappa shape index (κ2) is 6.17. The van der Waals surface area contributed by atoms with Crippen LogP contribution in [0.2, 0.25) is 0 Å². The lowest BCUT2D eigenvalue weighted by Gasteiger charge is -2.09. The van der Waals surface area contributed by atoms with Crippen LogP contribution in [0.25, 0.3) is 22.8 Å². The van der Waals surface area contributed by atoms with Crippen molar-refractivity contribution in [3.63, 3.8) is 0 Å². The van der Waals surface area contributed by atoms with Gasteiger partial charge in [-0.1, -0.05) is 30.3 Å². The molecule has 26 heavy (non-hydrogen) atoms. The van der Waals surface area contributed by atoms with Gasteiger partial charge in [-0.15, -0.1) is 0 Å². The minimum Gasteiger partial charge on any atom is -0.476 e. The molecule has 0 aliphatic rings. The third-order valence-corrected chi connectivity index (χ3v) is 3.79. The van der Waals surface area contributed by atoms with E-state index in [-0.39, 0.29) is 5.69 Å². The van der Waals surface area contributed by atoms with Gasteiger partial charge in [0.1, 0.15) is 0 Å². The smallest absolute Gasteiger partial charge is 0.356 e. The quantitative estimate of drug-likeness (QED) is 0.587. The first-order valence-electron chi connectivity index (χ1n) is 7.77. The highest BCUT2D eigenvalue weighted by atomic mass is 16.4. The molecular formula is C18H14N6O2. The number of nitrogens with zero attached hydrogens (tertiary/aromatic N) is 5. The van der Waals surface area contributed by atoms with Crippen molar-refractivity contribution in [2.45, 2.75) is 0 Å². The molecule has 0 saturated heterocycles. The molecule has 8 heteroatoms. The highest BCUT2D eigenvalue weighted by molar-refractivity contribution is 5.85. The van der Waals surface area contributed by atoms with Gasteiger partial charge in [0, 0.05) is 6.20 Å². The summed E-state index contributed by atoms with van der Waals surface area (Å²) in [6.45, 7) is 0. The largest absolute Gasteiger partial charge is 0.476 e. The molecule has 4 rings (SSSR count). The van der Waals surface area contributed by atoms with E-state index in [1.807, 2.05) is 42.5 Å². The van der Waals surface area contributed by atoms with Crippen LogP contribution in [0.3, 0.4) is 0 Å². The molecule has 4 aromatic rings. The van der Waals surface area contributed by atoms with Crippen LogP contribution < -0.4 is 5.73 Å². The zero-order valence-corrected chi connectivity index (χ0v) is 13.5. The summed E-state index contributed by atoms with van der Waals surface area (Å²) in [7, 11) is 0. The molecule has 0 saturated carbocycles. The molecule has 0 fully saturated rings. The maximum absolute atomic E-state index is 11.1. The van der Waals surface area contributed by atoms with Crippen molar-refractivity contribution in [3.8, 4) is 22.8 Å². The molecule has 3 heterocycles. The fraction of sp³-hybridized carbons (Fsp3) is 0. The van der Waals surface area contributed by atoms with Gasteiger partial charge in [-0.3, -0.25) is 0 Å². The lowest BCUT2D eigenvalue weighted by atomic mass is 10.1. The summed E-state index contributed by atoms with van der Waals surface area (Å²) in [5.74, 6) is -0.0728. The fourth-order valence-corrected chi connectivity index (χ4v) is 2.56. The maximum atomic E-state index is 11.1. The summed E-state index contributed by atoms with van der Waals surface area (Å²) in [5, 5.41) is 17.3. The Balaban J connectivity index is 1.88. The Hall–Kier alpha value is -3.94. The van der Waals surface area contributed by atoms with Crippen LogP contribution in [0.1, 0.15) is 10.5 Å². The van der Waals surface area contributed by atoms with Gasteiger partial charge < -0.3 is 10.8 Å². The number of carboxylic acid groups (broad SMARTS) is 1. The number of hydrogen-bond acceptors (Lipinski definition) is 5. The molecule has 3 aromatic heterocycles. The van der Waals surface area contributed by atoms with E-state index < -0.39 is 5.97 Å². The molecule has 0 bridgehead atoms. The SMILES string of the molecule is Nc1cnn(-c2cc(-c3ccccc3)cc(-n3ccc(C(=O)O)n3)n2)c1. The van der Waals surface area contributed by atoms with Crippen molar-refractivity contribution < 1.29 is 9.90 Å². The summed E-state index contributed by atoms with van der Waals surface area (Å²) < 4.78 is 2.99.